The molecule has 0 aliphatic rings. The summed E-state index contributed by atoms with van der Waals surface area (Å²) in [5, 5.41) is 5.78. The summed E-state index contributed by atoms with van der Waals surface area (Å²) in [6.45, 7) is 6.14. The number of unbranched alkanes of at least 4 members (excludes halogenated alkanes) is 1. The van der Waals surface area contributed by atoms with E-state index in [9.17, 15) is 0 Å². The topological polar surface area (TPSA) is 38.0 Å². The molecule has 1 aromatic heterocycles. The highest BCUT2D eigenvalue weighted by molar-refractivity contribution is 7.09. The van der Waals surface area contributed by atoms with Crippen LogP contribution >= 0.6 is 11.3 Å². The molecule has 0 radical (unpaired) electrons. The summed E-state index contributed by atoms with van der Waals surface area (Å²) in [6.07, 6.45) is 4.78. The molecule has 92 valence electrons. The Morgan fingerprint density at radius 3 is 2.75 bits per heavy atom. The molecular weight excluding hydrogens is 216 g/mol. The Kier molecular flexibility index (Phi) is 6.03. The molecular formula is C13H24N2S. The minimum absolute atomic E-state index is 0.139. The van der Waals surface area contributed by atoms with Gasteiger partial charge in [-0.1, -0.05) is 32.8 Å². The van der Waals surface area contributed by atoms with Crippen LogP contribution in [0, 0.1) is 0 Å². The molecule has 3 heteroatoms. The quantitative estimate of drug-likeness (QED) is 0.732. The van der Waals surface area contributed by atoms with Crippen LogP contribution < -0.4 is 11.1 Å². The first kappa shape index (κ1) is 13.7. The predicted molar refractivity (Wildman–Crippen MR) is 72.8 cm³/mol. The fourth-order valence-electron chi connectivity index (χ4n) is 1.91. The highest BCUT2D eigenvalue weighted by atomic mass is 32.1. The number of hydrogen-bond donors (Lipinski definition) is 2. The second-order valence-electron chi connectivity index (χ2n) is 4.37. The number of hydrogen-bond acceptors (Lipinski definition) is 3. The van der Waals surface area contributed by atoms with Gasteiger partial charge in [0.2, 0.25) is 0 Å². The number of thiophene rings is 1. The molecule has 3 N–H and O–H groups in total. The summed E-state index contributed by atoms with van der Waals surface area (Å²) < 4.78 is 0. The van der Waals surface area contributed by atoms with E-state index in [2.05, 4.69) is 36.7 Å². The van der Waals surface area contributed by atoms with E-state index >= 15 is 0 Å². The summed E-state index contributed by atoms with van der Waals surface area (Å²) in [7, 11) is 0. The lowest BCUT2D eigenvalue weighted by molar-refractivity contribution is 0.289. The minimum atomic E-state index is 0.139. The summed E-state index contributed by atoms with van der Waals surface area (Å²) >= 11 is 1.81. The average molecular weight is 240 g/mol. The Balaban J connectivity index is 2.49. The zero-order valence-electron chi connectivity index (χ0n) is 10.5. The Labute approximate surface area is 103 Å². The fourth-order valence-corrected chi connectivity index (χ4v) is 2.56. The van der Waals surface area contributed by atoms with E-state index < -0.39 is 0 Å². The maximum Gasteiger partial charge on any atom is 0.0305 e. The van der Waals surface area contributed by atoms with Crippen molar-refractivity contribution in [2.24, 2.45) is 5.73 Å². The van der Waals surface area contributed by atoms with Gasteiger partial charge in [-0.3, -0.25) is 0 Å². The summed E-state index contributed by atoms with van der Waals surface area (Å²) in [5.41, 5.74) is 6.08. The van der Waals surface area contributed by atoms with Gasteiger partial charge in [0.15, 0.2) is 0 Å². The molecule has 0 fully saturated rings. The van der Waals surface area contributed by atoms with Crippen molar-refractivity contribution in [3.8, 4) is 0 Å². The lowest BCUT2D eigenvalue weighted by Crippen LogP contribution is -2.50. The Morgan fingerprint density at radius 2 is 2.25 bits per heavy atom. The third-order valence-corrected chi connectivity index (χ3v) is 4.17. The van der Waals surface area contributed by atoms with Crippen molar-refractivity contribution in [1.82, 2.24) is 5.32 Å². The van der Waals surface area contributed by atoms with Crippen molar-refractivity contribution in [1.29, 1.82) is 0 Å². The first-order valence-corrected chi connectivity index (χ1v) is 7.12. The third-order valence-electron chi connectivity index (χ3n) is 3.29. The zero-order chi connectivity index (χ0) is 11.9. The van der Waals surface area contributed by atoms with Crippen LogP contribution in [0.5, 0.6) is 0 Å². The Bertz CT molecular complexity index is 265. The van der Waals surface area contributed by atoms with Crippen molar-refractivity contribution in [3.05, 3.63) is 22.4 Å². The molecule has 0 saturated carbocycles. The smallest absolute Gasteiger partial charge is 0.0305 e. The fraction of sp³-hybridized carbons (Fsp3) is 0.692. The Morgan fingerprint density at radius 1 is 1.44 bits per heavy atom. The molecule has 1 rings (SSSR count). The molecule has 0 amide bonds. The monoisotopic (exact) mass is 240 g/mol. The van der Waals surface area contributed by atoms with E-state index in [1.807, 2.05) is 0 Å². The van der Waals surface area contributed by atoms with E-state index in [1.165, 1.54) is 24.1 Å². The van der Waals surface area contributed by atoms with Crippen LogP contribution in [-0.4, -0.2) is 12.1 Å². The third kappa shape index (κ3) is 3.89. The van der Waals surface area contributed by atoms with Crippen molar-refractivity contribution in [2.75, 3.05) is 6.54 Å². The van der Waals surface area contributed by atoms with Crippen molar-refractivity contribution in [2.45, 2.75) is 51.6 Å². The normalized spacial score (nSPS) is 14.9. The number of rotatable bonds is 8. The highest BCUT2D eigenvalue weighted by Crippen LogP contribution is 2.19. The molecule has 2 nitrogen and oxygen atoms in total. The van der Waals surface area contributed by atoms with E-state index in [-0.39, 0.29) is 5.54 Å². The van der Waals surface area contributed by atoms with Crippen LogP contribution in [-0.2, 0) is 6.54 Å². The average Bonchev–Trinajstić information content (AvgIpc) is 2.83. The van der Waals surface area contributed by atoms with Crippen molar-refractivity contribution >= 4 is 11.3 Å². The van der Waals surface area contributed by atoms with E-state index in [0.717, 1.165) is 19.5 Å². The molecule has 0 bridgehead atoms. The van der Waals surface area contributed by atoms with Gasteiger partial charge in [-0.25, -0.2) is 0 Å². The van der Waals surface area contributed by atoms with Crippen LogP contribution in [0.4, 0.5) is 0 Å². The van der Waals surface area contributed by atoms with Gasteiger partial charge in [0, 0.05) is 23.5 Å². The zero-order valence-corrected chi connectivity index (χ0v) is 11.3. The van der Waals surface area contributed by atoms with Crippen LogP contribution in [0.25, 0.3) is 0 Å². The van der Waals surface area contributed by atoms with Crippen LogP contribution in [0.2, 0.25) is 0 Å². The predicted octanol–water partition coefficient (Wildman–Crippen LogP) is 3.14. The van der Waals surface area contributed by atoms with Gasteiger partial charge in [0.05, 0.1) is 0 Å². The molecule has 0 aromatic carbocycles. The Hall–Kier alpha value is -0.380. The van der Waals surface area contributed by atoms with E-state index in [0.29, 0.717) is 0 Å². The standard InChI is InChI=1S/C13H24N2S/c1-3-5-8-13(4-2,11-14)15-10-12-7-6-9-16-12/h6-7,9,15H,3-5,8,10-11,14H2,1-2H3. The van der Waals surface area contributed by atoms with Crippen molar-refractivity contribution in [3.63, 3.8) is 0 Å². The van der Waals surface area contributed by atoms with Crippen LogP contribution in [0.3, 0.4) is 0 Å². The molecule has 16 heavy (non-hydrogen) atoms. The summed E-state index contributed by atoms with van der Waals surface area (Å²) in [5.74, 6) is 0. The molecule has 1 aromatic rings. The van der Waals surface area contributed by atoms with E-state index in [4.69, 9.17) is 5.73 Å². The maximum atomic E-state index is 5.94. The first-order chi connectivity index (χ1) is 7.76. The van der Waals surface area contributed by atoms with Gasteiger partial charge in [0.25, 0.3) is 0 Å². The van der Waals surface area contributed by atoms with Gasteiger partial charge in [-0.15, -0.1) is 11.3 Å². The largest absolute Gasteiger partial charge is 0.329 e. The van der Waals surface area contributed by atoms with Gasteiger partial charge in [-0.05, 0) is 24.3 Å². The molecule has 1 heterocycles. The van der Waals surface area contributed by atoms with Crippen LogP contribution in [0.1, 0.15) is 44.4 Å². The second kappa shape index (κ2) is 7.05. The number of nitrogens with one attached hydrogen (secondary N) is 1. The molecule has 0 saturated heterocycles. The molecule has 1 atom stereocenters. The molecule has 0 aliphatic heterocycles. The first-order valence-electron chi connectivity index (χ1n) is 6.24. The summed E-state index contributed by atoms with van der Waals surface area (Å²) in [4.78, 5) is 1.39. The summed E-state index contributed by atoms with van der Waals surface area (Å²) in [6, 6.07) is 4.28. The SMILES string of the molecule is CCCCC(CC)(CN)NCc1cccs1. The lowest BCUT2D eigenvalue weighted by Gasteiger charge is -2.33. The van der Waals surface area contributed by atoms with Gasteiger partial charge >= 0.3 is 0 Å². The van der Waals surface area contributed by atoms with Gasteiger partial charge < -0.3 is 11.1 Å². The maximum absolute atomic E-state index is 5.94. The molecule has 1 unspecified atom stereocenters. The minimum Gasteiger partial charge on any atom is -0.329 e. The molecule has 0 spiro atoms. The van der Waals surface area contributed by atoms with Gasteiger partial charge in [-0.2, -0.15) is 0 Å². The molecule has 0 aliphatic carbocycles. The highest BCUT2D eigenvalue weighted by Gasteiger charge is 2.24. The number of nitrogens with two attached hydrogens (primary N) is 1. The van der Waals surface area contributed by atoms with Gasteiger partial charge in [0.1, 0.15) is 0 Å². The van der Waals surface area contributed by atoms with Crippen LogP contribution in [0.15, 0.2) is 17.5 Å². The second-order valence-corrected chi connectivity index (χ2v) is 5.41. The lowest BCUT2D eigenvalue weighted by atomic mass is 9.89. The van der Waals surface area contributed by atoms with Crippen molar-refractivity contribution < 1.29 is 0 Å². The van der Waals surface area contributed by atoms with E-state index in [1.54, 1.807) is 11.3 Å².